The van der Waals surface area contributed by atoms with Gasteiger partial charge in [-0.25, -0.2) is 0 Å². The number of carbonyl (C=O) groups is 2. The van der Waals surface area contributed by atoms with Crippen LogP contribution in [0, 0.1) is 5.92 Å². The summed E-state index contributed by atoms with van der Waals surface area (Å²) in [6.07, 6.45) is 0.331. The van der Waals surface area contributed by atoms with Crippen molar-refractivity contribution in [1.29, 1.82) is 0 Å². The van der Waals surface area contributed by atoms with Crippen molar-refractivity contribution < 1.29 is 14.3 Å². The van der Waals surface area contributed by atoms with Gasteiger partial charge in [-0.1, -0.05) is 44.2 Å². The van der Waals surface area contributed by atoms with Gasteiger partial charge in [0.25, 0.3) is 0 Å². The number of morpholine rings is 1. The molecule has 1 aromatic carbocycles. The molecule has 0 aromatic heterocycles. The maximum absolute atomic E-state index is 12.7. The molecule has 1 heterocycles. The van der Waals surface area contributed by atoms with E-state index in [0.29, 0.717) is 19.7 Å². The van der Waals surface area contributed by atoms with Crippen molar-refractivity contribution in [3.63, 3.8) is 0 Å². The first-order chi connectivity index (χ1) is 11.0. The Hall–Kier alpha value is -1.88. The van der Waals surface area contributed by atoms with Crippen LogP contribution in [0.15, 0.2) is 30.3 Å². The number of ether oxygens (including phenoxy) is 1. The lowest BCUT2D eigenvalue weighted by Crippen LogP contribution is -2.55. The molecule has 0 saturated carbocycles. The third-order valence-corrected chi connectivity index (χ3v) is 4.01. The van der Waals surface area contributed by atoms with E-state index in [1.165, 1.54) is 0 Å². The second-order valence-electron chi connectivity index (χ2n) is 6.42. The Morgan fingerprint density at radius 3 is 2.61 bits per heavy atom. The van der Waals surface area contributed by atoms with E-state index in [1.54, 1.807) is 4.90 Å². The quantitative estimate of drug-likeness (QED) is 0.897. The van der Waals surface area contributed by atoms with E-state index < -0.39 is 6.04 Å². The third kappa shape index (κ3) is 5.06. The summed E-state index contributed by atoms with van der Waals surface area (Å²) in [6.45, 7) is 7.58. The van der Waals surface area contributed by atoms with Crippen LogP contribution in [0.5, 0.6) is 0 Å². The van der Waals surface area contributed by atoms with Gasteiger partial charge in [0, 0.05) is 13.1 Å². The molecule has 23 heavy (non-hydrogen) atoms. The highest BCUT2D eigenvalue weighted by molar-refractivity contribution is 5.88. The van der Waals surface area contributed by atoms with Crippen LogP contribution in [0.4, 0.5) is 0 Å². The van der Waals surface area contributed by atoms with Gasteiger partial charge in [-0.3, -0.25) is 9.59 Å². The summed E-state index contributed by atoms with van der Waals surface area (Å²) in [5.41, 5.74) is 0.944. The molecular weight excluding hydrogens is 292 g/mol. The van der Waals surface area contributed by atoms with Gasteiger partial charge in [-0.15, -0.1) is 0 Å². The molecule has 1 fully saturated rings. The van der Waals surface area contributed by atoms with Crippen molar-refractivity contribution in [2.45, 2.75) is 39.3 Å². The Bertz CT molecular complexity index is 530. The predicted octanol–water partition coefficient (Wildman–Crippen LogP) is 1.62. The molecule has 2 unspecified atom stereocenters. The molecule has 1 aliphatic heterocycles. The average Bonchev–Trinajstić information content (AvgIpc) is 2.52. The molecule has 0 radical (unpaired) electrons. The Kier molecular flexibility index (Phi) is 6.16. The Balaban J connectivity index is 1.97. The molecular formula is C18H26N2O3. The number of nitrogens with zero attached hydrogens (tertiary/aromatic N) is 1. The third-order valence-electron chi connectivity index (χ3n) is 4.01. The number of nitrogens with one attached hydrogen (secondary N) is 1. The molecule has 1 aliphatic rings. The van der Waals surface area contributed by atoms with Crippen LogP contribution in [0.1, 0.15) is 26.3 Å². The number of hydrogen-bond donors (Lipinski definition) is 1. The fraction of sp³-hybridized carbons (Fsp3) is 0.556. The number of carbonyl (C=O) groups excluding carboxylic acids is 2. The lowest BCUT2D eigenvalue weighted by atomic mass is 10.0. The van der Waals surface area contributed by atoms with Gasteiger partial charge < -0.3 is 15.0 Å². The second-order valence-corrected chi connectivity index (χ2v) is 6.42. The molecule has 2 atom stereocenters. The summed E-state index contributed by atoms with van der Waals surface area (Å²) >= 11 is 0. The van der Waals surface area contributed by atoms with Gasteiger partial charge in [0.15, 0.2) is 0 Å². The van der Waals surface area contributed by atoms with Gasteiger partial charge in [-0.2, -0.15) is 0 Å². The minimum atomic E-state index is -0.489. The van der Waals surface area contributed by atoms with E-state index in [1.807, 2.05) is 51.1 Å². The first kappa shape index (κ1) is 17.5. The molecule has 1 aromatic rings. The zero-order valence-corrected chi connectivity index (χ0v) is 14.1. The largest absolute Gasteiger partial charge is 0.375 e. The second kappa shape index (κ2) is 8.11. The van der Waals surface area contributed by atoms with Crippen molar-refractivity contribution in [2.75, 3.05) is 19.7 Å². The SMILES string of the molecule is CC1CN(C(=O)C(NC(=O)Cc2ccccc2)C(C)C)CCO1. The van der Waals surface area contributed by atoms with Crippen molar-refractivity contribution in [1.82, 2.24) is 10.2 Å². The van der Waals surface area contributed by atoms with E-state index >= 15 is 0 Å². The molecule has 1 N–H and O–H groups in total. The number of amides is 2. The van der Waals surface area contributed by atoms with Crippen molar-refractivity contribution in [3.05, 3.63) is 35.9 Å². The van der Waals surface area contributed by atoms with Crippen LogP contribution in [-0.2, 0) is 20.7 Å². The van der Waals surface area contributed by atoms with Crippen molar-refractivity contribution in [2.24, 2.45) is 5.92 Å². The first-order valence-electron chi connectivity index (χ1n) is 8.21. The fourth-order valence-electron chi connectivity index (χ4n) is 2.73. The summed E-state index contributed by atoms with van der Waals surface area (Å²) in [7, 11) is 0. The minimum absolute atomic E-state index is 0.0171. The van der Waals surface area contributed by atoms with E-state index in [9.17, 15) is 9.59 Å². The molecule has 2 amide bonds. The summed E-state index contributed by atoms with van der Waals surface area (Å²) < 4.78 is 5.48. The molecule has 5 nitrogen and oxygen atoms in total. The topological polar surface area (TPSA) is 58.6 Å². The molecule has 2 rings (SSSR count). The molecule has 0 bridgehead atoms. The van der Waals surface area contributed by atoms with Gasteiger partial charge in [0.2, 0.25) is 11.8 Å². The van der Waals surface area contributed by atoms with Crippen LogP contribution in [-0.4, -0.2) is 48.6 Å². The van der Waals surface area contributed by atoms with Gasteiger partial charge in [-0.05, 0) is 18.4 Å². The van der Waals surface area contributed by atoms with Gasteiger partial charge in [0.1, 0.15) is 6.04 Å². The molecule has 0 spiro atoms. The van der Waals surface area contributed by atoms with Crippen LogP contribution >= 0.6 is 0 Å². The zero-order chi connectivity index (χ0) is 16.8. The average molecular weight is 318 g/mol. The lowest BCUT2D eigenvalue weighted by molar-refractivity contribution is -0.143. The standard InChI is InChI=1S/C18H26N2O3/c1-13(2)17(18(22)20-9-10-23-14(3)12-20)19-16(21)11-15-7-5-4-6-8-15/h4-8,13-14,17H,9-12H2,1-3H3,(H,19,21). The van der Waals surface area contributed by atoms with Crippen LogP contribution in [0.3, 0.4) is 0 Å². The molecule has 5 heteroatoms. The number of benzene rings is 1. The summed E-state index contributed by atoms with van der Waals surface area (Å²) in [5, 5.41) is 2.91. The Morgan fingerprint density at radius 1 is 1.30 bits per heavy atom. The molecule has 126 valence electrons. The van der Waals surface area contributed by atoms with E-state index in [-0.39, 0.29) is 30.3 Å². The highest BCUT2D eigenvalue weighted by Gasteiger charge is 2.30. The molecule has 1 saturated heterocycles. The minimum Gasteiger partial charge on any atom is -0.375 e. The summed E-state index contributed by atoms with van der Waals surface area (Å²) in [6, 6.07) is 9.06. The predicted molar refractivity (Wildman–Crippen MR) is 88.9 cm³/mol. The first-order valence-corrected chi connectivity index (χ1v) is 8.21. The lowest BCUT2D eigenvalue weighted by Gasteiger charge is -2.35. The van der Waals surface area contributed by atoms with Crippen LogP contribution < -0.4 is 5.32 Å². The number of rotatable bonds is 5. The van der Waals surface area contributed by atoms with E-state index in [4.69, 9.17) is 4.74 Å². The zero-order valence-electron chi connectivity index (χ0n) is 14.1. The maximum atomic E-state index is 12.7. The highest BCUT2D eigenvalue weighted by atomic mass is 16.5. The molecule has 0 aliphatic carbocycles. The normalized spacial score (nSPS) is 19.5. The fourth-order valence-corrected chi connectivity index (χ4v) is 2.73. The van der Waals surface area contributed by atoms with Crippen LogP contribution in [0.25, 0.3) is 0 Å². The summed E-state index contributed by atoms with van der Waals surface area (Å²) in [4.78, 5) is 26.8. The van der Waals surface area contributed by atoms with Crippen molar-refractivity contribution in [3.8, 4) is 0 Å². The van der Waals surface area contributed by atoms with Gasteiger partial charge >= 0.3 is 0 Å². The summed E-state index contributed by atoms with van der Waals surface area (Å²) in [5.74, 6) is -0.0958. The van der Waals surface area contributed by atoms with Gasteiger partial charge in [0.05, 0.1) is 19.1 Å². The van der Waals surface area contributed by atoms with Crippen LogP contribution in [0.2, 0.25) is 0 Å². The maximum Gasteiger partial charge on any atom is 0.245 e. The monoisotopic (exact) mass is 318 g/mol. The van der Waals surface area contributed by atoms with E-state index in [2.05, 4.69) is 5.32 Å². The van der Waals surface area contributed by atoms with Crippen molar-refractivity contribution >= 4 is 11.8 Å². The Morgan fingerprint density at radius 2 is 2.00 bits per heavy atom. The smallest absolute Gasteiger partial charge is 0.245 e. The number of hydrogen-bond acceptors (Lipinski definition) is 3. The van der Waals surface area contributed by atoms with E-state index in [0.717, 1.165) is 5.56 Å². The highest BCUT2D eigenvalue weighted by Crippen LogP contribution is 2.11. The Labute approximate surface area is 138 Å².